The van der Waals surface area contributed by atoms with Crippen molar-refractivity contribution in [2.24, 2.45) is 57.4 Å². The van der Waals surface area contributed by atoms with Gasteiger partial charge in [0, 0.05) is 12.0 Å². The first-order valence-electron chi connectivity index (χ1n) is 15.0. The van der Waals surface area contributed by atoms with Crippen LogP contribution in [0.25, 0.3) is 0 Å². The second-order valence-electron chi connectivity index (χ2n) is 14.7. The van der Waals surface area contributed by atoms with Gasteiger partial charge in [0.2, 0.25) is 0 Å². The summed E-state index contributed by atoms with van der Waals surface area (Å²) in [5.41, 5.74) is 3.59. The molecule has 0 aromatic carbocycles. The van der Waals surface area contributed by atoms with Gasteiger partial charge >= 0.3 is 0 Å². The van der Waals surface area contributed by atoms with Crippen LogP contribution in [-0.2, 0) is 9.26 Å². The molecule has 3 fully saturated rings. The fourth-order valence-electron chi connectivity index (χ4n) is 8.76. The molecule has 3 nitrogen and oxygen atoms in total. The summed E-state index contributed by atoms with van der Waals surface area (Å²) >= 11 is 0. The van der Waals surface area contributed by atoms with Gasteiger partial charge in [0.25, 0.3) is 0 Å². The third kappa shape index (κ3) is 5.20. The number of oxime groups is 1. The molecule has 0 unspecified atom stereocenters. The Morgan fingerprint density at radius 3 is 2.22 bits per heavy atom. The number of allylic oxidation sites excluding steroid dienone is 4. The summed E-state index contributed by atoms with van der Waals surface area (Å²) < 4.78 is 6.63. The quantitative estimate of drug-likeness (QED) is 0.193. The van der Waals surface area contributed by atoms with Gasteiger partial charge in [0.1, 0.15) is 7.11 Å². The van der Waals surface area contributed by atoms with E-state index in [0.717, 1.165) is 12.3 Å². The summed E-state index contributed by atoms with van der Waals surface area (Å²) in [5, 5.41) is 4.68. The summed E-state index contributed by atoms with van der Waals surface area (Å²) in [6.07, 6.45) is 16.9. The highest BCUT2D eigenvalue weighted by Gasteiger charge is 2.59. The Hall–Kier alpha value is -0.873. The smallest absolute Gasteiger partial charge is 0.184 e. The predicted molar refractivity (Wildman–Crippen MR) is 156 cm³/mol. The molecule has 0 aromatic rings. The highest BCUT2D eigenvalue weighted by Crippen LogP contribution is 2.66. The monoisotopic (exact) mass is 513 g/mol. The molecular weight excluding hydrogens is 458 g/mol. The number of hydrogen-bond donors (Lipinski definition) is 0. The van der Waals surface area contributed by atoms with E-state index < -0.39 is 8.32 Å². The third-order valence-corrected chi connectivity index (χ3v) is 12.1. The molecule has 0 spiro atoms. The van der Waals surface area contributed by atoms with Gasteiger partial charge in [0.15, 0.2) is 8.32 Å². The zero-order valence-corrected chi connectivity index (χ0v) is 26.1. The van der Waals surface area contributed by atoms with Crippen LogP contribution in [0.15, 0.2) is 29.0 Å². The molecular formula is C32H55NO2Si. The normalized spacial score (nSPS) is 41.6. The second kappa shape index (κ2) is 10.4. The number of nitrogens with zero attached hydrogens (tertiary/aromatic N) is 1. The van der Waals surface area contributed by atoms with E-state index in [1.807, 2.05) is 0 Å². The van der Waals surface area contributed by atoms with E-state index >= 15 is 0 Å². The highest BCUT2D eigenvalue weighted by molar-refractivity contribution is 6.69. The molecule has 0 amide bonds. The molecule has 0 aliphatic heterocycles. The average Bonchev–Trinajstić information content (AvgIpc) is 3.14. The Bertz CT molecular complexity index is 885. The molecule has 4 aliphatic carbocycles. The molecule has 3 saturated carbocycles. The Kier molecular flexibility index (Phi) is 8.10. The van der Waals surface area contributed by atoms with E-state index in [1.54, 1.807) is 12.7 Å². The van der Waals surface area contributed by atoms with Crippen LogP contribution < -0.4 is 0 Å². The molecule has 0 N–H and O–H groups in total. The Morgan fingerprint density at radius 2 is 1.58 bits per heavy atom. The first kappa shape index (κ1) is 28.1. The maximum absolute atomic E-state index is 6.63. The Morgan fingerprint density at radius 1 is 0.917 bits per heavy atom. The van der Waals surface area contributed by atoms with E-state index in [1.165, 1.54) is 44.2 Å². The SMILES string of the molecule is CO/N=C1/C=C2[C@H](CC[C@]3(C)[C@@H]([C@H](C)/C=C/[C@H](C)C(C)C)CC[C@@H]23)[C@@]2(C)CC[C@H](O[Si](C)(C)C)C[C@H]12. The predicted octanol–water partition coefficient (Wildman–Crippen LogP) is 8.88. The molecule has 36 heavy (non-hydrogen) atoms. The maximum atomic E-state index is 6.63. The third-order valence-electron chi connectivity index (χ3n) is 11.1. The van der Waals surface area contributed by atoms with Gasteiger partial charge < -0.3 is 9.26 Å². The highest BCUT2D eigenvalue weighted by atomic mass is 28.4. The van der Waals surface area contributed by atoms with Crippen LogP contribution in [0.5, 0.6) is 0 Å². The van der Waals surface area contributed by atoms with Gasteiger partial charge in [-0.25, -0.2) is 0 Å². The zero-order valence-electron chi connectivity index (χ0n) is 25.1. The maximum Gasteiger partial charge on any atom is 0.184 e. The van der Waals surface area contributed by atoms with Crippen molar-refractivity contribution in [2.75, 3.05) is 7.11 Å². The molecule has 0 bridgehead atoms. The molecule has 0 aromatic heterocycles. The topological polar surface area (TPSA) is 30.8 Å². The fourth-order valence-corrected chi connectivity index (χ4v) is 9.98. The Labute approximate surface area is 223 Å². The van der Waals surface area contributed by atoms with Gasteiger partial charge in [-0.3, -0.25) is 0 Å². The largest absolute Gasteiger partial charge is 0.415 e. The first-order valence-corrected chi connectivity index (χ1v) is 18.4. The zero-order chi connectivity index (χ0) is 26.5. The molecule has 0 saturated heterocycles. The van der Waals surface area contributed by atoms with E-state index in [-0.39, 0.29) is 5.41 Å². The average molecular weight is 514 g/mol. The molecule has 0 heterocycles. The lowest BCUT2D eigenvalue weighted by atomic mass is 9.47. The van der Waals surface area contributed by atoms with Crippen molar-refractivity contribution >= 4 is 14.0 Å². The van der Waals surface area contributed by atoms with Crippen LogP contribution in [0.2, 0.25) is 19.6 Å². The van der Waals surface area contributed by atoms with Crippen LogP contribution in [-0.4, -0.2) is 27.2 Å². The van der Waals surface area contributed by atoms with Crippen LogP contribution in [0.4, 0.5) is 0 Å². The van der Waals surface area contributed by atoms with E-state index in [2.05, 4.69) is 84.6 Å². The van der Waals surface area contributed by atoms with Gasteiger partial charge in [-0.05, 0) is 117 Å². The summed E-state index contributed by atoms with van der Waals surface area (Å²) in [5.74, 6) is 4.61. The minimum absolute atomic E-state index is 0.276. The number of rotatable bonds is 7. The van der Waals surface area contributed by atoms with Gasteiger partial charge in [-0.2, -0.15) is 0 Å². The summed E-state index contributed by atoms with van der Waals surface area (Å²) in [6.45, 7) is 21.7. The Balaban J connectivity index is 1.61. The molecule has 0 radical (unpaired) electrons. The van der Waals surface area contributed by atoms with Crippen LogP contribution in [0, 0.1) is 52.3 Å². The van der Waals surface area contributed by atoms with Gasteiger partial charge in [-0.1, -0.05) is 64.4 Å². The number of hydrogen-bond acceptors (Lipinski definition) is 3. The van der Waals surface area contributed by atoms with Crippen molar-refractivity contribution in [1.29, 1.82) is 0 Å². The molecule has 4 aliphatic rings. The van der Waals surface area contributed by atoms with Gasteiger partial charge in [-0.15, -0.1) is 0 Å². The lowest BCUT2D eigenvalue weighted by Crippen LogP contribution is -2.53. The van der Waals surface area contributed by atoms with Crippen molar-refractivity contribution in [3.63, 3.8) is 0 Å². The minimum atomic E-state index is -1.56. The van der Waals surface area contributed by atoms with Crippen LogP contribution in [0.3, 0.4) is 0 Å². The summed E-state index contributed by atoms with van der Waals surface area (Å²) in [4.78, 5) is 5.46. The molecule has 4 rings (SSSR count). The first-order chi connectivity index (χ1) is 16.8. The summed E-state index contributed by atoms with van der Waals surface area (Å²) in [7, 11) is 0.160. The molecule has 9 atom stereocenters. The van der Waals surface area contributed by atoms with Crippen LogP contribution in [0.1, 0.15) is 86.5 Å². The van der Waals surface area contributed by atoms with Gasteiger partial charge in [0.05, 0.1) is 5.71 Å². The number of fused-ring (bicyclic) bond motifs is 5. The van der Waals surface area contributed by atoms with Crippen LogP contribution >= 0.6 is 0 Å². The molecule has 4 heteroatoms. The van der Waals surface area contributed by atoms with Crippen molar-refractivity contribution in [1.82, 2.24) is 0 Å². The van der Waals surface area contributed by atoms with E-state index in [9.17, 15) is 0 Å². The van der Waals surface area contributed by atoms with E-state index in [4.69, 9.17) is 9.26 Å². The van der Waals surface area contributed by atoms with Crippen molar-refractivity contribution in [3.05, 3.63) is 23.8 Å². The second-order valence-corrected chi connectivity index (χ2v) is 19.2. The standard InChI is InChI=1S/C32H55NO2Si/c1-21(2)22(3)11-12-23(4)26-13-14-27-25-20-30(33-34-7)29-19-24(35-36(8,9)10)15-17-32(29,6)28(25)16-18-31(26,27)5/h11-12,20-24,26-29H,13-19H2,1-10H3/b12-11+,33-30-/t22-,23+,24-,26+,27-,28-,29+,31+,32+/m0/s1. The van der Waals surface area contributed by atoms with Crippen molar-refractivity contribution < 1.29 is 9.26 Å². The van der Waals surface area contributed by atoms with Crippen molar-refractivity contribution in [3.8, 4) is 0 Å². The fraction of sp³-hybridized carbons (Fsp3) is 0.844. The van der Waals surface area contributed by atoms with Crippen molar-refractivity contribution in [2.45, 2.75) is 112 Å². The lowest BCUT2D eigenvalue weighted by molar-refractivity contribution is -0.0113. The van der Waals surface area contributed by atoms with E-state index in [0.29, 0.717) is 47.0 Å². The summed E-state index contributed by atoms with van der Waals surface area (Å²) in [6, 6.07) is 0. The molecule has 204 valence electrons. The minimum Gasteiger partial charge on any atom is -0.415 e. The lowest BCUT2D eigenvalue weighted by Gasteiger charge is -2.58.